The average Bonchev–Trinajstić information content (AvgIpc) is 3.49. The monoisotopic (exact) mass is 553 g/mol. The Morgan fingerprint density at radius 3 is 2.55 bits per heavy atom. The van der Waals surface area contributed by atoms with Gasteiger partial charge >= 0.3 is 12.2 Å². The smallest absolute Gasteiger partial charge is 0.411 e. The number of aryl methyl sites for hydroxylation is 1. The van der Waals surface area contributed by atoms with Gasteiger partial charge in [0.1, 0.15) is 5.82 Å². The summed E-state index contributed by atoms with van der Waals surface area (Å²) < 4.78 is 6.27. The van der Waals surface area contributed by atoms with Crippen molar-refractivity contribution < 1.29 is 19.4 Å². The van der Waals surface area contributed by atoms with Crippen molar-refractivity contribution in [2.75, 3.05) is 17.7 Å². The van der Waals surface area contributed by atoms with Gasteiger partial charge in [0.15, 0.2) is 5.15 Å². The summed E-state index contributed by atoms with van der Waals surface area (Å²) in [5.41, 5.74) is 3.84. The second kappa shape index (κ2) is 10.2. The number of anilines is 2. The number of aromatic amines is 1. The Morgan fingerprint density at radius 2 is 1.84 bits per heavy atom. The second-order valence-electron chi connectivity index (χ2n) is 8.60. The lowest BCUT2D eigenvalue weighted by Gasteiger charge is -2.15. The number of nitrogens with one attached hydrogen (secondary N) is 3. The van der Waals surface area contributed by atoms with Crippen LogP contribution in [-0.4, -0.2) is 38.9 Å². The first-order chi connectivity index (χ1) is 18.2. The van der Waals surface area contributed by atoms with Gasteiger partial charge in [-0.2, -0.15) is 0 Å². The molecule has 1 aliphatic heterocycles. The number of aromatic nitrogens is 3. The standard InChI is InChI=1S/C26H21Cl2N5O5/c1-38-26(37)29-16-5-2-13(3-6-16)22-23(28)32-24(31-22)20-9-7-17-10-14(11-21(34)33(17)20)18-12-15(27)4-8-19(18)30-25(35)36/h2-6,8,10-12,20,30H,7,9H2,1H3,(H,29,37)(H,31,32)(H,35,36). The summed E-state index contributed by atoms with van der Waals surface area (Å²) in [6.07, 6.45) is -0.554. The summed E-state index contributed by atoms with van der Waals surface area (Å²) in [7, 11) is 1.29. The number of hydrogen-bond acceptors (Lipinski definition) is 5. The van der Waals surface area contributed by atoms with Crippen LogP contribution in [0.5, 0.6) is 0 Å². The SMILES string of the molecule is COC(=O)Nc1ccc(-c2[nH]c(C3CCc4cc(-c5cc(Cl)ccc5NC(=O)O)cc(=O)n43)nc2Cl)cc1. The van der Waals surface area contributed by atoms with E-state index < -0.39 is 12.2 Å². The normalized spacial score (nSPS) is 14.1. The van der Waals surface area contributed by atoms with Crippen LogP contribution in [0.4, 0.5) is 21.0 Å². The maximum Gasteiger partial charge on any atom is 0.411 e. The maximum absolute atomic E-state index is 13.3. The van der Waals surface area contributed by atoms with Crippen LogP contribution in [0.25, 0.3) is 22.4 Å². The molecule has 0 aliphatic carbocycles. The van der Waals surface area contributed by atoms with Crippen LogP contribution in [0, 0.1) is 0 Å². The van der Waals surface area contributed by atoms with Gasteiger partial charge in [0.05, 0.1) is 24.5 Å². The van der Waals surface area contributed by atoms with E-state index >= 15 is 0 Å². The quantitative estimate of drug-likeness (QED) is 0.238. The van der Waals surface area contributed by atoms with E-state index in [0.717, 1.165) is 11.3 Å². The third-order valence-corrected chi connectivity index (χ3v) is 6.78. The van der Waals surface area contributed by atoms with Crippen molar-refractivity contribution >= 4 is 46.8 Å². The van der Waals surface area contributed by atoms with Gasteiger partial charge in [0.2, 0.25) is 0 Å². The Hall–Kier alpha value is -4.28. The Kier molecular flexibility index (Phi) is 6.83. The molecule has 2 aromatic heterocycles. The molecule has 4 N–H and O–H groups in total. The highest BCUT2D eigenvalue weighted by Crippen LogP contribution is 2.36. The lowest BCUT2D eigenvalue weighted by Crippen LogP contribution is -2.24. The van der Waals surface area contributed by atoms with E-state index in [2.05, 4.69) is 25.3 Å². The number of imidazole rings is 1. The summed E-state index contributed by atoms with van der Waals surface area (Å²) in [4.78, 5) is 43.7. The minimum Gasteiger partial charge on any atom is -0.465 e. The fourth-order valence-corrected chi connectivity index (χ4v) is 5.02. The first-order valence-electron chi connectivity index (χ1n) is 11.5. The van der Waals surface area contributed by atoms with E-state index in [1.165, 1.54) is 13.2 Å². The van der Waals surface area contributed by atoms with Crippen LogP contribution in [0.2, 0.25) is 10.2 Å². The summed E-state index contributed by atoms with van der Waals surface area (Å²) in [6, 6.07) is 14.7. The van der Waals surface area contributed by atoms with Gasteiger partial charge in [-0.05, 0) is 54.8 Å². The molecule has 5 rings (SSSR count). The molecule has 0 saturated carbocycles. The van der Waals surface area contributed by atoms with Crippen LogP contribution in [0.15, 0.2) is 59.4 Å². The van der Waals surface area contributed by atoms with E-state index in [1.807, 2.05) is 6.07 Å². The Morgan fingerprint density at radius 1 is 1.08 bits per heavy atom. The molecule has 2 amide bonds. The average molecular weight is 554 g/mol. The number of carboxylic acid groups (broad SMARTS) is 1. The third-order valence-electron chi connectivity index (χ3n) is 6.27. The van der Waals surface area contributed by atoms with Gasteiger partial charge in [-0.25, -0.2) is 14.6 Å². The number of nitrogens with zero attached hydrogens (tertiary/aromatic N) is 2. The number of halogens is 2. The molecule has 3 heterocycles. The zero-order valence-electron chi connectivity index (χ0n) is 19.9. The largest absolute Gasteiger partial charge is 0.465 e. The molecular formula is C26H21Cl2N5O5. The minimum atomic E-state index is -1.22. The first kappa shape index (κ1) is 25.4. The van der Waals surface area contributed by atoms with E-state index in [9.17, 15) is 19.5 Å². The fraction of sp³-hybridized carbons (Fsp3) is 0.154. The molecule has 194 valence electrons. The molecule has 12 heteroatoms. The molecule has 0 bridgehead atoms. The van der Waals surface area contributed by atoms with Crippen LogP contribution < -0.4 is 16.2 Å². The number of pyridine rings is 1. The number of amides is 2. The third kappa shape index (κ3) is 4.96. The highest BCUT2D eigenvalue weighted by atomic mass is 35.5. The highest BCUT2D eigenvalue weighted by Gasteiger charge is 2.29. The Bertz CT molecular complexity index is 1610. The number of ether oxygens (including phenoxy) is 1. The van der Waals surface area contributed by atoms with Crippen molar-refractivity contribution in [2.45, 2.75) is 18.9 Å². The fourth-order valence-electron chi connectivity index (χ4n) is 4.60. The molecule has 1 aliphatic rings. The summed E-state index contributed by atoms with van der Waals surface area (Å²) in [5, 5.41) is 14.8. The molecule has 0 saturated heterocycles. The predicted octanol–water partition coefficient (Wildman–Crippen LogP) is 6.02. The number of carbonyl (C=O) groups is 2. The number of hydrogen-bond donors (Lipinski definition) is 4. The molecule has 38 heavy (non-hydrogen) atoms. The Labute approximate surface area is 226 Å². The lowest BCUT2D eigenvalue weighted by atomic mass is 10.0. The van der Waals surface area contributed by atoms with Gasteiger partial charge in [-0.3, -0.25) is 15.4 Å². The van der Waals surface area contributed by atoms with Crippen molar-refractivity contribution in [3.63, 3.8) is 0 Å². The molecule has 0 radical (unpaired) electrons. The zero-order valence-corrected chi connectivity index (χ0v) is 21.4. The van der Waals surface area contributed by atoms with Crippen molar-refractivity contribution in [2.24, 2.45) is 0 Å². The van der Waals surface area contributed by atoms with Crippen LogP contribution in [0.3, 0.4) is 0 Å². The van der Waals surface area contributed by atoms with E-state index in [0.29, 0.717) is 51.9 Å². The number of rotatable bonds is 5. The predicted molar refractivity (Wildman–Crippen MR) is 144 cm³/mol. The second-order valence-corrected chi connectivity index (χ2v) is 9.39. The van der Waals surface area contributed by atoms with E-state index in [1.54, 1.807) is 47.0 Å². The van der Waals surface area contributed by atoms with E-state index in [-0.39, 0.29) is 16.8 Å². The number of methoxy groups -OCH3 is 1. The van der Waals surface area contributed by atoms with Crippen molar-refractivity contribution in [3.05, 3.63) is 86.6 Å². The molecule has 1 atom stereocenters. The molecule has 2 aromatic carbocycles. The van der Waals surface area contributed by atoms with Crippen molar-refractivity contribution in [3.8, 4) is 22.4 Å². The van der Waals surface area contributed by atoms with E-state index in [4.69, 9.17) is 23.2 Å². The van der Waals surface area contributed by atoms with Gasteiger partial charge in [-0.1, -0.05) is 35.3 Å². The number of benzene rings is 2. The molecule has 4 aromatic rings. The summed E-state index contributed by atoms with van der Waals surface area (Å²) in [6.45, 7) is 0. The molecule has 0 spiro atoms. The van der Waals surface area contributed by atoms with Gasteiger partial charge in [-0.15, -0.1) is 0 Å². The van der Waals surface area contributed by atoms with Crippen LogP contribution in [-0.2, 0) is 11.2 Å². The van der Waals surface area contributed by atoms with Gasteiger partial charge < -0.3 is 19.4 Å². The summed E-state index contributed by atoms with van der Waals surface area (Å²) >= 11 is 12.6. The maximum atomic E-state index is 13.3. The van der Waals surface area contributed by atoms with Crippen LogP contribution in [0.1, 0.15) is 24.0 Å². The number of carbonyl (C=O) groups excluding carboxylic acids is 1. The van der Waals surface area contributed by atoms with Crippen molar-refractivity contribution in [1.82, 2.24) is 14.5 Å². The lowest BCUT2D eigenvalue weighted by molar-refractivity contribution is 0.187. The van der Waals surface area contributed by atoms with Crippen LogP contribution >= 0.6 is 23.2 Å². The summed E-state index contributed by atoms with van der Waals surface area (Å²) in [5.74, 6) is 0.548. The zero-order chi connectivity index (χ0) is 27.0. The van der Waals surface area contributed by atoms with Gasteiger partial charge in [0.25, 0.3) is 5.56 Å². The number of fused-ring (bicyclic) bond motifs is 1. The molecule has 1 unspecified atom stereocenters. The highest BCUT2D eigenvalue weighted by molar-refractivity contribution is 6.32. The Balaban J connectivity index is 1.46. The van der Waals surface area contributed by atoms with Gasteiger partial charge in [0, 0.05) is 33.6 Å². The first-order valence-corrected chi connectivity index (χ1v) is 12.2. The van der Waals surface area contributed by atoms with Crippen molar-refractivity contribution in [1.29, 1.82) is 0 Å². The molecule has 10 nitrogen and oxygen atoms in total. The topological polar surface area (TPSA) is 138 Å². The molecule has 0 fully saturated rings. The molecular weight excluding hydrogens is 533 g/mol. The minimum absolute atomic E-state index is 0.256. The number of H-pyrrole nitrogens is 1.